The van der Waals surface area contributed by atoms with Crippen LogP contribution >= 0.6 is 0 Å². The predicted octanol–water partition coefficient (Wildman–Crippen LogP) is 14.6. The highest BCUT2D eigenvalue weighted by atomic mass is 14.2. The third-order valence-corrected chi connectivity index (χ3v) is 10.7. The van der Waals surface area contributed by atoms with Crippen molar-refractivity contribution in [3.63, 3.8) is 0 Å². The van der Waals surface area contributed by atoms with E-state index < -0.39 is 0 Å². The lowest BCUT2D eigenvalue weighted by molar-refractivity contribution is 1.60. The van der Waals surface area contributed by atoms with Gasteiger partial charge in [-0.2, -0.15) is 0 Å². The Morgan fingerprint density at radius 2 is 0.635 bits per heavy atom. The molecule has 0 atom stereocenters. The van der Waals surface area contributed by atoms with Crippen LogP contribution in [0.2, 0.25) is 0 Å². The van der Waals surface area contributed by atoms with Crippen LogP contribution in [0.5, 0.6) is 0 Å². The Bertz CT molecular complexity index is 2860. The summed E-state index contributed by atoms with van der Waals surface area (Å²) < 4.78 is 0. The Kier molecular flexibility index (Phi) is 7.25. The maximum Gasteiger partial charge on any atom is -0.00261 e. The van der Waals surface area contributed by atoms with Crippen LogP contribution < -0.4 is 0 Å². The average Bonchev–Trinajstić information content (AvgIpc) is 3.22. The summed E-state index contributed by atoms with van der Waals surface area (Å²) in [5.41, 5.74) is 12.4. The number of rotatable bonds is 5. The van der Waals surface area contributed by atoms with Gasteiger partial charge in [0.05, 0.1) is 0 Å². The van der Waals surface area contributed by atoms with Crippen molar-refractivity contribution in [2.75, 3.05) is 0 Å². The van der Waals surface area contributed by atoms with Gasteiger partial charge in [-0.05, 0) is 111 Å². The Labute approximate surface area is 303 Å². The first-order valence-electron chi connectivity index (χ1n) is 18.0. The number of benzene rings is 10. The van der Waals surface area contributed by atoms with Crippen LogP contribution in [0.3, 0.4) is 0 Å². The van der Waals surface area contributed by atoms with Crippen molar-refractivity contribution in [3.8, 4) is 55.6 Å². The van der Waals surface area contributed by atoms with E-state index in [0.717, 1.165) is 0 Å². The normalized spacial score (nSPS) is 11.5. The Morgan fingerprint density at radius 3 is 1.27 bits per heavy atom. The van der Waals surface area contributed by atoms with Crippen molar-refractivity contribution in [3.05, 3.63) is 206 Å². The number of hydrogen-bond acceptors (Lipinski definition) is 0. The molecule has 0 nitrogen and oxygen atoms in total. The first kappa shape index (κ1) is 30.1. The Balaban J connectivity index is 1.23. The van der Waals surface area contributed by atoms with Gasteiger partial charge in [0, 0.05) is 0 Å². The second-order valence-electron chi connectivity index (χ2n) is 13.6. The predicted molar refractivity (Wildman–Crippen MR) is 224 cm³/mol. The first-order chi connectivity index (χ1) is 25.8. The van der Waals surface area contributed by atoms with Gasteiger partial charge >= 0.3 is 0 Å². The van der Waals surface area contributed by atoms with E-state index in [1.807, 2.05) is 0 Å². The van der Waals surface area contributed by atoms with Crippen molar-refractivity contribution in [1.82, 2.24) is 0 Å². The molecule has 0 saturated heterocycles. The molecule has 0 aliphatic rings. The fraction of sp³-hybridized carbons (Fsp3) is 0. The minimum atomic E-state index is 1.21. The van der Waals surface area contributed by atoms with Gasteiger partial charge in [0.25, 0.3) is 0 Å². The van der Waals surface area contributed by atoms with Crippen molar-refractivity contribution in [1.29, 1.82) is 0 Å². The second kappa shape index (κ2) is 12.5. The smallest absolute Gasteiger partial charge is 0.00261 e. The number of hydrogen-bond donors (Lipinski definition) is 0. The van der Waals surface area contributed by atoms with E-state index in [2.05, 4.69) is 206 Å². The van der Waals surface area contributed by atoms with Crippen LogP contribution in [0, 0.1) is 0 Å². The minimum absolute atomic E-state index is 1.21. The fourth-order valence-electron chi connectivity index (χ4n) is 8.19. The zero-order valence-electron chi connectivity index (χ0n) is 28.6. The maximum absolute atomic E-state index is 2.44. The highest BCUT2D eigenvalue weighted by molar-refractivity contribution is 6.22. The summed E-state index contributed by atoms with van der Waals surface area (Å²) in [6.45, 7) is 0. The molecule has 0 heterocycles. The average molecular weight is 659 g/mol. The summed E-state index contributed by atoms with van der Waals surface area (Å²) in [5, 5.41) is 10.1. The third kappa shape index (κ3) is 5.08. The summed E-state index contributed by atoms with van der Waals surface area (Å²) in [5.74, 6) is 0. The molecule has 0 aliphatic heterocycles. The Hall–Kier alpha value is -6.76. The third-order valence-electron chi connectivity index (χ3n) is 10.7. The highest BCUT2D eigenvalue weighted by Crippen LogP contribution is 2.46. The van der Waals surface area contributed by atoms with Crippen LogP contribution in [0.1, 0.15) is 0 Å². The van der Waals surface area contributed by atoms with Crippen molar-refractivity contribution in [2.45, 2.75) is 0 Å². The zero-order valence-corrected chi connectivity index (χ0v) is 28.6. The van der Waals surface area contributed by atoms with Crippen LogP contribution in [-0.4, -0.2) is 0 Å². The SMILES string of the molecule is c1ccc(-c2ccc(-c3ccc(-c4ccc5ccccc5c4)c4ccc(-c5c6ccccc6c(-c6ccccc6)c6ccccc56)cc34)cc2)cc1. The molecule has 0 heteroatoms. The monoisotopic (exact) mass is 658 g/mol. The molecule has 0 N–H and O–H groups in total. The first-order valence-corrected chi connectivity index (χ1v) is 18.0. The van der Waals surface area contributed by atoms with Gasteiger partial charge in [-0.3, -0.25) is 0 Å². The second-order valence-corrected chi connectivity index (χ2v) is 13.6. The quantitative estimate of drug-likeness (QED) is 0.161. The summed E-state index contributed by atoms with van der Waals surface area (Å²) in [4.78, 5) is 0. The molecule has 0 bridgehead atoms. The molecule has 0 radical (unpaired) electrons. The van der Waals surface area contributed by atoms with Gasteiger partial charge in [-0.25, -0.2) is 0 Å². The molecule has 0 unspecified atom stereocenters. The largest absolute Gasteiger partial charge is 0.0622 e. The lowest BCUT2D eigenvalue weighted by atomic mass is 9.84. The zero-order chi connectivity index (χ0) is 34.4. The molecule has 10 aromatic carbocycles. The van der Waals surface area contributed by atoms with Crippen LogP contribution in [0.15, 0.2) is 206 Å². The molecule has 0 spiro atoms. The molecule has 52 heavy (non-hydrogen) atoms. The number of fused-ring (bicyclic) bond motifs is 4. The standard InChI is InChI=1S/C52H34/c1-3-13-35(14-4-1)37-23-26-38(27-24-37)43-31-32-44(41-28-25-36-15-7-8-18-40(36)33-41)45-30-29-42(34-50(43)45)52-48-21-11-9-19-46(48)51(39-16-5-2-6-17-39)47-20-10-12-22-49(47)52/h1-34H. The fourth-order valence-corrected chi connectivity index (χ4v) is 8.19. The summed E-state index contributed by atoms with van der Waals surface area (Å²) in [6.07, 6.45) is 0. The molecule has 0 amide bonds. The molecule has 10 aromatic rings. The van der Waals surface area contributed by atoms with Gasteiger partial charge in [0.2, 0.25) is 0 Å². The van der Waals surface area contributed by atoms with Crippen molar-refractivity contribution >= 4 is 43.1 Å². The van der Waals surface area contributed by atoms with E-state index in [1.165, 1.54) is 98.7 Å². The van der Waals surface area contributed by atoms with E-state index in [0.29, 0.717) is 0 Å². The lowest BCUT2D eigenvalue weighted by Crippen LogP contribution is -1.92. The van der Waals surface area contributed by atoms with Crippen molar-refractivity contribution in [2.24, 2.45) is 0 Å². The van der Waals surface area contributed by atoms with Crippen LogP contribution in [0.25, 0.3) is 98.7 Å². The molecule has 242 valence electrons. The van der Waals surface area contributed by atoms with E-state index in [-0.39, 0.29) is 0 Å². The molecule has 0 aliphatic carbocycles. The van der Waals surface area contributed by atoms with E-state index in [1.54, 1.807) is 0 Å². The van der Waals surface area contributed by atoms with E-state index >= 15 is 0 Å². The molecule has 0 aromatic heterocycles. The maximum atomic E-state index is 2.44. The van der Waals surface area contributed by atoms with Gasteiger partial charge in [0.1, 0.15) is 0 Å². The van der Waals surface area contributed by atoms with Gasteiger partial charge in [-0.1, -0.05) is 194 Å². The lowest BCUT2D eigenvalue weighted by Gasteiger charge is -2.19. The molecule has 0 saturated carbocycles. The summed E-state index contributed by atoms with van der Waals surface area (Å²) in [6, 6.07) is 75.6. The summed E-state index contributed by atoms with van der Waals surface area (Å²) >= 11 is 0. The van der Waals surface area contributed by atoms with Crippen LogP contribution in [0.4, 0.5) is 0 Å². The van der Waals surface area contributed by atoms with Gasteiger partial charge in [0.15, 0.2) is 0 Å². The molecule has 10 rings (SSSR count). The summed E-state index contributed by atoms with van der Waals surface area (Å²) in [7, 11) is 0. The van der Waals surface area contributed by atoms with E-state index in [4.69, 9.17) is 0 Å². The van der Waals surface area contributed by atoms with Gasteiger partial charge in [-0.15, -0.1) is 0 Å². The minimum Gasteiger partial charge on any atom is -0.0622 e. The van der Waals surface area contributed by atoms with Crippen LogP contribution in [-0.2, 0) is 0 Å². The molecular weight excluding hydrogens is 625 g/mol. The highest BCUT2D eigenvalue weighted by Gasteiger charge is 2.18. The topological polar surface area (TPSA) is 0 Å². The van der Waals surface area contributed by atoms with Crippen molar-refractivity contribution < 1.29 is 0 Å². The Morgan fingerprint density at radius 1 is 0.192 bits per heavy atom. The van der Waals surface area contributed by atoms with Gasteiger partial charge < -0.3 is 0 Å². The van der Waals surface area contributed by atoms with E-state index in [9.17, 15) is 0 Å². The molecular formula is C52H34. The molecule has 0 fully saturated rings.